The summed E-state index contributed by atoms with van der Waals surface area (Å²) >= 11 is 0. The number of nitriles is 2. The zero-order valence-electron chi connectivity index (χ0n) is 40.1. The maximum Gasteiger partial charge on any atom is 0.305 e. The first kappa shape index (κ1) is 50.6. The van der Waals surface area contributed by atoms with E-state index in [1.807, 2.05) is 95.6 Å². The van der Waals surface area contributed by atoms with Gasteiger partial charge in [0.1, 0.15) is 53.6 Å². The number of esters is 1. The molecule has 0 bridgehead atoms. The van der Waals surface area contributed by atoms with Crippen molar-refractivity contribution in [2.45, 2.75) is 102 Å². The number of carbonyl (C=O) groups is 1. The van der Waals surface area contributed by atoms with Gasteiger partial charge in [-0.3, -0.25) is 9.36 Å². The number of hydrogen-bond donors (Lipinski definition) is 0. The maximum atomic E-state index is 12.2. The van der Waals surface area contributed by atoms with Gasteiger partial charge in [-0.25, -0.2) is 19.6 Å². The highest BCUT2D eigenvalue weighted by atomic mass is 31.2. The molecule has 3 heterocycles. The normalized spacial score (nSPS) is 16.4. The highest BCUT2D eigenvalue weighted by molar-refractivity contribution is 7.44. The first-order valence-corrected chi connectivity index (χ1v) is 24.4. The van der Waals surface area contributed by atoms with Gasteiger partial charge in [0.2, 0.25) is 0 Å². The van der Waals surface area contributed by atoms with Crippen LogP contribution in [0.15, 0.2) is 116 Å². The Bertz CT molecular complexity index is 2610. The van der Waals surface area contributed by atoms with Crippen molar-refractivity contribution in [2.75, 3.05) is 34.0 Å². The monoisotopic (exact) mass is 953 g/mol. The van der Waals surface area contributed by atoms with E-state index in [0.717, 1.165) is 27.8 Å². The zero-order chi connectivity index (χ0) is 48.8. The summed E-state index contributed by atoms with van der Waals surface area (Å²) < 4.78 is 48.6. The van der Waals surface area contributed by atoms with Gasteiger partial charge in [-0.1, -0.05) is 72.8 Å². The van der Waals surface area contributed by atoms with Crippen LogP contribution in [0.25, 0.3) is 22.4 Å². The largest absolute Gasteiger partial charge is 0.497 e. The Balaban J connectivity index is 1.24. The molecular formula is C53H60N7O8P. The third-order valence-electron chi connectivity index (χ3n) is 11.9. The summed E-state index contributed by atoms with van der Waals surface area (Å²) in [6, 6.07) is 38.3. The van der Waals surface area contributed by atoms with Crippen LogP contribution in [0.4, 0.5) is 0 Å². The first-order chi connectivity index (χ1) is 33.6. The van der Waals surface area contributed by atoms with Gasteiger partial charge in [-0.2, -0.15) is 10.5 Å². The van der Waals surface area contributed by atoms with E-state index in [4.69, 9.17) is 52.9 Å². The summed E-state index contributed by atoms with van der Waals surface area (Å²) in [6.07, 6.45) is 3.83. The van der Waals surface area contributed by atoms with Crippen molar-refractivity contribution >= 4 is 25.7 Å². The second kappa shape index (κ2) is 24.3. The van der Waals surface area contributed by atoms with E-state index in [9.17, 15) is 10.1 Å². The lowest BCUT2D eigenvalue weighted by molar-refractivity contribution is -0.143. The molecule has 0 spiro atoms. The van der Waals surface area contributed by atoms with Gasteiger partial charge >= 0.3 is 5.97 Å². The number of imidazole rings is 1. The molecule has 0 N–H and O–H groups in total. The van der Waals surface area contributed by atoms with Crippen molar-refractivity contribution in [1.82, 2.24) is 24.2 Å². The fraction of sp³-hybridized carbons (Fsp3) is 0.396. The molecule has 0 aliphatic carbocycles. The number of carbonyl (C=O) groups excluding carboxylic acids is 1. The number of aromatic nitrogens is 4. The molecule has 1 saturated heterocycles. The zero-order valence-corrected chi connectivity index (χ0v) is 41.0. The van der Waals surface area contributed by atoms with Crippen LogP contribution in [0.3, 0.4) is 0 Å². The van der Waals surface area contributed by atoms with Crippen LogP contribution in [0.1, 0.15) is 88.3 Å². The summed E-state index contributed by atoms with van der Waals surface area (Å²) in [4.78, 5) is 26.5. The van der Waals surface area contributed by atoms with Crippen LogP contribution in [-0.4, -0.2) is 88.5 Å². The fourth-order valence-electron chi connectivity index (χ4n) is 8.69. The van der Waals surface area contributed by atoms with Crippen LogP contribution in [0, 0.1) is 22.7 Å². The molecule has 1 fully saturated rings. The smallest absolute Gasteiger partial charge is 0.305 e. The van der Waals surface area contributed by atoms with E-state index < -0.39 is 32.6 Å². The summed E-state index contributed by atoms with van der Waals surface area (Å²) in [5.74, 6) is 1.11. The van der Waals surface area contributed by atoms with Crippen molar-refractivity contribution in [3.8, 4) is 34.9 Å². The number of methoxy groups -OCH3 is 2. The summed E-state index contributed by atoms with van der Waals surface area (Å²) in [5, 5.41) is 18.2. The molecule has 1 aliphatic heterocycles. The number of fused-ring (bicyclic) bond motifs is 1. The van der Waals surface area contributed by atoms with Crippen molar-refractivity contribution in [3.63, 3.8) is 0 Å². The molecule has 1 aliphatic rings. The molecule has 0 amide bonds. The van der Waals surface area contributed by atoms with Crippen LogP contribution in [0.2, 0.25) is 0 Å². The third-order valence-corrected chi connectivity index (χ3v) is 14.1. The Morgan fingerprint density at radius 1 is 0.841 bits per heavy atom. The van der Waals surface area contributed by atoms with Gasteiger partial charge in [0, 0.05) is 30.5 Å². The quantitative estimate of drug-likeness (QED) is 0.0242. The Kier molecular flexibility index (Phi) is 17.8. The van der Waals surface area contributed by atoms with E-state index in [1.165, 1.54) is 6.33 Å². The Morgan fingerprint density at radius 2 is 1.49 bits per heavy atom. The maximum absolute atomic E-state index is 12.2. The van der Waals surface area contributed by atoms with E-state index >= 15 is 0 Å². The van der Waals surface area contributed by atoms with Crippen LogP contribution < -0.4 is 9.47 Å². The summed E-state index contributed by atoms with van der Waals surface area (Å²) in [5.41, 5.74) is 5.28. The minimum atomic E-state index is -1.66. The SMILES string of the molecule is COc1ccc(C(OC[C@H]2O[C@@H](n3cnc4c(-c5cccc(CCCC(=O)OCCC#N)c5)ncnc43)C[C@@H]2OP(OCCC#N)N(C(C)C)C(C)C)(c2ccccc2)c2ccc(OC)cc2)cc1. The lowest BCUT2D eigenvalue weighted by Crippen LogP contribution is -2.39. The lowest BCUT2D eigenvalue weighted by atomic mass is 9.80. The predicted molar refractivity (Wildman–Crippen MR) is 262 cm³/mol. The van der Waals surface area contributed by atoms with Crippen molar-refractivity contribution in [2.24, 2.45) is 0 Å². The highest BCUT2D eigenvalue weighted by Gasteiger charge is 2.45. The minimum Gasteiger partial charge on any atom is -0.497 e. The van der Waals surface area contributed by atoms with E-state index in [2.05, 4.69) is 56.6 Å². The van der Waals surface area contributed by atoms with Gasteiger partial charge in [0.05, 0.1) is 64.8 Å². The third kappa shape index (κ3) is 12.1. The van der Waals surface area contributed by atoms with Crippen LogP contribution in [0.5, 0.6) is 11.5 Å². The molecular weight excluding hydrogens is 894 g/mol. The van der Waals surface area contributed by atoms with E-state index in [1.54, 1.807) is 20.5 Å². The fourth-order valence-corrected chi connectivity index (χ4v) is 10.4. The molecule has 16 heteroatoms. The number of aryl methyl sites for hydroxylation is 1. The Labute approximate surface area is 405 Å². The minimum absolute atomic E-state index is 0.0739. The molecule has 15 nitrogen and oxygen atoms in total. The molecule has 1 unspecified atom stereocenters. The number of rotatable bonds is 24. The number of benzene rings is 4. The average Bonchev–Trinajstić information content (AvgIpc) is 3.99. The molecule has 0 saturated carbocycles. The van der Waals surface area contributed by atoms with E-state index in [0.29, 0.717) is 47.6 Å². The molecule has 7 rings (SSSR count). The van der Waals surface area contributed by atoms with Gasteiger partial charge in [-0.15, -0.1) is 0 Å². The van der Waals surface area contributed by atoms with Gasteiger partial charge in [0.15, 0.2) is 5.65 Å². The molecule has 6 aromatic rings. The molecule has 69 heavy (non-hydrogen) atoms. The number of nitrogens with zero attached hydrogens (tertiary/aromatic N) is 7. The highest BCUT2D eigenvalue weighted by Crippen LogP contribution is 2.51. The topological polar surface area (TPSA) is 176 Å². The van der Waals surface area contributed by atoms with Crippen LogP contribution >= 0.6 is 8.53 Å². The second-order valence-electron chi connectivity index (χ2n) is 17.1. The molecule has 4 atom stereocenters. The van der Waals surface area contributed by atoms with Crippen LogP contribution in [-0.2, 0) is 40.1 Å². The molecule has 2 aromatic heterocycles. The molecule has 360 valence electrons. The average molecular weight is 954 g/mol. The Hall–Kier alpha value is -6.29. The lowest BCUT2D eigenvalue weighted by Gasteiger charge is -2.39. The van der Waals surface area contributed by atoms with E-state index in [-0.39, 0.29) is 57.1 Å². The van der Waals surface area contributed by atoms with Crippen molar-refractivity contribution < 1.29 is 37.5 Å². The second-order valence-corrected chi connectivity index (χ2v) is 18.5. The summed E-state index contributed by atoms with van der Waals surface area (Å²) in [7, 11) is 1.63. The van der Waals surface area contributed by atoms with Gasteiger partial charge in [-0.05, 0) is 93.1 Å². The van der Waals surface area contributed by atoms with Gasteiger partial charge in [0.25, 0.3) is 8.53 Å². The van der Waals surface area contributed by atoms with Crippen molar-refractivity contribution in [1.29, 1.82) is 10.5 Å². The first-order valence-electron chi connectivity index (χ1n) is 23.3. The van der Waals surface area contributed by atoms with Gasteiger partial charge < -0.3 is 32.7 Å². The molecule has 0 radical (unpaired) electrons. The Morgan fingerprint density at radius 3 is 2.13 bits per heavy atom. The number of hydrogen-bond acceptors (Lipinski definition) is 14. The van der Waals surface area contributed by atoms with Crippen molar-refractivity contribution in [3.05, 3.63) is 138 Å². The summed E-state index contributed by atoms with van der Waals surface area (Å²) in [6.45, 7) is 8.86. The molecule has 4 aromatic carbocycles. The standard InChI is InChI=1S/C53H60N7O8P/c1-37(2)60(38(3)4)69(66-31-13-29-55)68-46-33-48(59-36-58-51-50(56-35-57-52(51)59)40-16-10-14-39(32-40)15-11-19-49(61)64-30-12-28-54)67-47(46)34-65-53(41-17-8-7-9-18-41,42-20-24-44(62-5)25-21-42)43-22-26-45(63-6)27-23-43/h7-10,14,16-18,20-27,32,35-38,46-48H,11-13,15,19,30-31,33-34H2,1-6H3/t46-,47+,48+,69?/m0/s1. The number of ether oxygens (including phenoxy) is 5. The predicted octanol–water partition coefficient (Wildman–Crippen LogP) is 10.2.